The highest BCUT2D eigenvalue weighted by atomic mass is 32.2. The van der Waals surface area contributed by atoms with Crippen LogP contribution in [-0.2, 0) is 4.79 Å². The van der Waals surface area contributed by atoms with Crippen LogP contribution >= 0.6 is 35.3 Å². The number of thiazole rings is 1. The maximum atomic E-state index is 13.9. The molecule has 4 aromatic rings. The number of benzene rings is 2. The molecule has 0 radical (unpaired) electrons. The highest BCUT2D eigenvalue weighted by Gasteiger charge is 2.22. The van der Waals surface area contributed by atoms with Gasteiger partial charge in [-0.25, -0.2) is 4.98 Å². The number of aromatic nitrogens is 3. The number of hydrogen-bond acceptors (Lipinski definition) is 7. The van der Waals surface area contributed by atoms with E-state index >= 15 is 0 Å². The van der Waals surface area contributed by atoms with Gasteiger partial charge in [0.1, 0.15) is 10.4 Å². The third-order valence-corrected chi connectivity index (χ3v) is 8.79. The van der Waals surface area contributed by atoms with Gasteiger partial charge in [0, 0.05) is 18.8 Å². The van der Waals surface area contributed by atoms with Crippen LogP contribution in [0.1, 0.15) is 30.9 Å². The van der Waals surface area contributed by atoms with E-state index in [-0.39, 0.29) is 17.2 Å². The highest BCUT2D eigenvalue weighted by molar-refractivity contribution is 7.99. The molecule has 7 nitrogen and oxygen atoms in total. The zero-order valence-corrected chi connectivity index (χ0v) is 23.5. The van der Waals surface area contributed by atoms with E-state index in [0.29, 0.717) is 31.8 Å². The monoisotopic (exact) mass is 552 g/mol. The largest absolute Gasteiger partial charge is 0.494 e. The fourth-order valence-corrected chi connectivity index (χ4v) is 6.60. The molecule has 192 valence electrons. The number of carbonyl (C=O) groups excluding carboxylic acids is 1. The molecule has 0 atom stereocenters. The molecule has 0 unspecified atom stereocenters. The van der Waals surface area contributed by atoms with Gasteiger partial charge in [-0.1, -0.05) is 29.2 Å². The van der Waals surface area contributed by atoms with Gasteiger partial charge in [-0.15, -0.1) is 0 Å². The minimum Gasteiger partial charge on any atom is -0.494 e. The maximum absolute atomic E-state index is 13.9. The summed E-state index contributed by atoms with van der Waals surface area (Å²) in [7, 11) is 0. The third-order valence-electron chi connectivity index (χ3n) is 6.52. The Kier molecular flexibility index (Phi) is 7.50. The molecule has 1 aliphatic rings. The van der Waals surface area contributed by atoms with Crippen molar-refractivity contribution in [3.05, 3.63) is 67.9 Å². The van der Waals surface area contributed by atoms with Gasteiger partial charge in [0.25, 0.3) is 5.56 Å². The summed E-state index contributed by atoms with van der Waals surface area (Å²) in [4.78, 5) is 33.6. The van der Waals surface area contributed by atoms with Gasteiger partial charge in [-0.2, -0.15) is 0 Å². The molecule has 0 bridgehead atoms. The predicted octanol–water partition coefficient (Wildman–Crippen LogP) is 5.70. The van der Waals surface area contributed by atoms with Crippen LogP contribution in [0.15, 0.2) is 52.4 Å². The molecule has 3 heterocycles. The number of aryl methyl sites for hydroxylation is 2. The molecule has 1 amide bonds. The van der Waals surface area contributed by atoms with Crippen LogP contribution in [-0.4, -0.2) is 50.4 Å². The summed E-state index contributed by atoms with van der Waals surface area (Å²) in [6.45, 7) is 8.17. The minimum atomic E-state index is -0.205. The van der Waals surface area contributed by atoms with Crippen molar-refractivity contribution in [3.8, 4) is 17.1 Å². The predicted molar refractivity (Wildman–Crippen MR) is 153 cm³/mol. The SMILES string of the molecule is CCOc1ccc(-n2c(SCC(=O)N3CCCC3)nc3c(sc(=S)n3-c3ccc(C)c(C)c3)c2=O)cc1. The van der Waals surface area contributed by atoms with E-state index in [0.717, 1.165) is 42.9 Å². The highest BCUT2D eigenvalue weighted by Crippen LogP contribution is 2.29. The lowest BCUT2D eigenvalue weighted by Gasteiger charge is -2.16. The first-order valence-corrected chi connectivity index (χ1v) is 14.5. The molecule has 1 aliphatic heterocycles. The van der Waals surface area contributed by atoms with E-state index < -0.39 is 0 Å². The van der Waals surface area contributed by atoms with Crippen molar-refractivity contribution in [2.45, 2.75) is 38.8 Å². The Balaban J connectivity index is 1.65. The summed E-state index contributed by atoms with van der Waals surface area (Å²) < 4.78 is 10.0. The molecule has 37 heavy (non-hydrogen) atoms. The first kappa shape index (κ1) is 25.7. The molecule has 0 N–H and O–H groups in total. The van der Waals surface area contributed by atoms with Crippen LogP contribution in [0.4, 0.5) is 0 Å². The summed E-state index contributed by atoms with van der Waals surface area (Å²) in [5, 5.41) is 0.458. The third kappa shape index (κ3) is 5.10. The van der Waals surface area contributed by atoms with Crippen LogP contribution in [0.25, 0.3) is 21.7 Å². The zero-order valence-electron chi connectivity index (χ0n) is 21.0. The van der Waals surface area contributed by atoms with Crippen LogP contribution < -0.4 is 10.3 Å². The number of carbonyl (C=O) groups is 1. The van der Waals surface area contributed by atoms with Gasteiger partial charge < -0.3 is 9.64 Å². The van der Waals surface area contributed by atoms with E-state index in [2.05, 4.69) is 19.9 Å². The first-order valence-electron chi connectivity index (χ1n) is 12.3. The van der Waals surface area contributed by atoms with Crippen molar-refractivity contribution in [2.75, 3.05) is 25.4 Å². The first-order chi connectivity index (χ1) is 17.9. The molecular weight excluding hydrogens is 525 g/mol. The second kappa shape index (κ2) is 10.8. The number of thioether (sulfide) groups is 1. The number of likely N-dealkylation sites (tertiary alicyclic amines) is 1. The lowest BCUT2D eigenvalue weighted by atomic mass is 10.1. The van der Waals surface area contributed by atoms with Crippen molar-refractivity contribution < 1.29 is 9.53 Å². The Morgan fingerprint density at radius 1 is 1.05 bits per heavy atom. The van der Waals surface area contributed by atoms with Crippen LogP contribution in [0.5, 0.6) is 5.75 Å². The lowest BCUT2D eigenvalue weighted by Crippen LogP contribution is -2.29. The summed E-state index contributed by atoms with van der Waals surface area (Å²) in [5.41, 5.74) is 4.15. The standard InChI is InChI=1S/C27H28N4O3S3/c1-4-34-21-11-9-19(10-12-21)31-25(33)23-24(28-26(31)36-16-22(32)29-13-5-6-14-29)30(27(35)37-23)20-8-7-17(2)18(3)15-20/h7-12,15H,4-6,13-14,16H2,1-3H3. The van der Waals surface area contributed by atoms with Crippen molar-refractivity contribution in [2.24, 2.45) is 0 Å². The smallest absolute Gasteiger partial charge is 0.278 e. The molecule has 2 aromatic heterocycles. The van der Waals surface area contributed by atoms with Gasteiger partial charge in [0.2, 0.25) is 5.91 Å². The van der Waals surface area contributed by atoms with Crippen molar-refractivity contribution in [1.29, 1.82) is 0 Å². The van der Waals surface area contributed by atoms with Gasteiger partial charge in [-0.3, -0.25) is 18.7 Å². The summed E-state index contributed by atoms with van der Waals surface area (Å²) in [6, 6.07) is 13.4. The number of ether oxygens (including phenoxy) is 1. The van der Waals surface area contributed by atoms with E-state index in [1.165, 1.54) is 28.7 Å². The normalized spacial score (nSPS) is 13.4. The number of hydrogen-bond donors (Lipinski definition) is 0. The average molecular weight is 553 g/mol. The maximum Gasteiger partial charge on any atom is 0.278 e. The second-order valence-corrected chi connectivity index (χ2v) is 11.5. The molecule has 1 fully saturated rings. The fourth-order valence-electron chi connectivity index (χ4n) is 4.39. The minimum absolute atomic E-state index is 0.0615. The Morgan fingerprint density at radius 3 is 2.43 bits per heavy atom. The number of fused-ring (bicyclic) bond motifs is 1. The van der Waals surface area contributed by atoms with E-state index in [9.17, 15) is 9.59 Å². The fraction of sp³-hybridized carbons (Fsp3) is 0.333. The van der Waals surface area contributed by atoms with Gasteiger partial charge >= 0.3 is 0 Å². The Labute approximate surface area is 228 Å². The Morgan fingerprint density at radius 2 is 1.76 bits per heavy atom. The summed E-state index contributed by atoms with van der Waals surface area (Å²) in [5.74, 6) is 0.999. The van der Waals surface area contributed by atoms with Crippen molar-refractivity contribution in [3.63, 3.8) is 0 Å². The van der Waals surface area contributed by atoms with Crippen LogP contribution in [0, 0.1) is 17.8 Å². The van der Waals surface area contributed by atoms with Gasteiger partial charge in [0.05, 0.1) is 18.0 Å². The molecule has 0 spiro atoms. The summed E-state index contributed by atoms with van der Waals surface area (Å²) >= 11 is 8.25. The van der Waals surface area contributed by atoms with Crippen LogP contribution in [0.2, 0.25) is 0 Å². The summed E-state index contributed by atoms with van der Waals surface area (Å²) in [6.07, 6.45) is 2.06. The van der Waals surface area contributed by atoms with E-state index in [1.54, 1.807) is 4.57 Å². The zero-order chi connectivity index (χ0) is 26.1. The molecular formula is C27H28N4O3S3. The second-order valence-electron chi connectivity index (χ2n) is 8.96. The van der Waals surface area contributed by atoms with Gasteiger partial charge in [0.15, 0.2) is 14.8 Å². The molecule has 0 saturated carbocycles. The lowest BCUT2D eigenvalue weighted by molar-refractivity contribution is -0.127. The average Bonchev–Trinajstić information content (AvgIpc) is 3.54. The molecule has 0 aliphatic carbocycles. The number of amides is 1. The topological polar surface area (TPSA) is 69.4 Å². The van der Waals surface area contributed by atoms with Crippen molar-refractivity contribution in [1.82, 2.24) is 19.0 Å². The van der Waals surface area contributed by atoms with Crippen LogP contribution in [0.3, 0.4) is 0 Å². The number of nitrogens with zero attached hydrogens (tertiary/aromatic N) is 4. The van der Waals surface area contributed by atoms with Crippen molar-refractivity contribution >= 4 is 51.6 Å². The molecule has 1 saturated heterocycles. The van der Waals surface area contributed by atoms with E-state index in [4.69, 9.17) is 21.9 Å². The molecule has 5 rings (SSSR count). The number of rotatable bonds is 7. The quantitative estimate of drug-likeness (QED) is 0.167. The Bertz CT molecular complexity index is 1580. The van der Waals surface area contributed by atoms with Gasteiger partial charge in [-0.05, 0) is 93.4 Å². The molecule has 2 aromatic carbocycles. The van der Waals surface area contributed by atoms with E-state index in [1.807, 2.05) is 52.8 Å². The Hall–Kier alpha value is -2.95. The molecule has 10 heteroatoms.